The number of ether oxygens (including phenoxy) is 1. The summed E-state index contributed by atoms with van der Waals surface area (Å²) in [5.41, 5.74) is 1.25. The second-order valence-electron chi connectivity index (χ2n) is 4.66. The molecule has 1 saturated heterocycles. The molecule has 0 radical (unpaired) electrons. The summed E-state index contributed by atoms with van der Waals surface area (Å²) in [6, 6.07) is 10.3. The fraction of sp³-hybridized carbons (Fsp3) is 0.429. The van der Waals surface area contributed by atoms with Crippen LogP contribution < -0.4 is 5.32 Å². The Morgan fingerprint density at radius 2 is 2.20 bits per heavy atom. The standard InChI is InChI=1S/C14H17N3OS2/c1-2-5-11(6-3-1)9-15-13-16-17-14(20-13)19-10-12-7-4-8-18-12/h1-3,5-6,12H,4,7-10H2,(H,15,16)/t12-/m1/s1. The average Bonchev–Trinajstić information content (AvgIpc) is 3.16. The van der Waals surface area contributed by atoms with Crippen LogP contribution in [0.15, 0.2) is 34.7 Å². The van der Waals surface area contributed by atoms with E-state index in [0.29, 0.717) is 6.10 Å². The smallest absolute Gasteiger partial charge is 0.206 e. The van der Waals surface area contributed by atoms with Gasteiger partial charge < -0.3 is 10.1 Å². The van der Waals surface area contributed by atoms with E-state index in [1.807, 2.05) is 18.2 Å². The highest BCUT2D eigenvalue weighted by molar-refractivity contribution is 8.01. The minimum atomic E-state index is 0.393. The van der Waals surface area contributed by atoms with E-state index in [9.17, 15) is 0 Å². The van der Waals surface area contributed by atoms with Crippen LogP contribution in [-0.2, 0) is 11.3 Å². The van der Waals surface area contributed by atoms with Crippen LogP contribution in [0.2, 0.25) is 0 Å². The number of benzene rings is 1. The van der Waals surface area contributed by atoms with Gasteiger partial charge in [-0.05, 0) is 18.4 Å². The van der Waals surface area contributed by atoms with E-state index in [1.54, 1.807) is 23.1 Å². The molecule has 1 fully saturated rings. The van der Waals surface area contributed by atoms with Gasteiger partial charge in [-0.15, -0.1) is 10.2 Å². The van der Waals surface area contributed by atoms with Crippen LogP contribution in [0.5, 0.6) is 0 Å². The van der Waals surface area contributed by atoms with Crippen LogP contribution >= 0.6 is 23.1 Å². The van der Waals surface area contributed by atoms with Crippen molar-refractivity contribution in [2.75, 3.05) is 17.7 Å². The lowest BCUT2D eigenvalue weighted by atomic mass is 10.2. The van der Waals surface area contributed by atoms with Gasteiger partial charge >= 0.3 is 0 Å². The fourth-order valence-corrected chi connectivity index (χ4v) is 3.89. The normalized spacial score (nSPS) is 18.3. The molecule has 106 valence electrons. The monoisotopic (exact) mass is 307 g/mol. The van der Waals surface area contributed by atoms with Gasteiger partial charge in [-0.25, -0.2) is 0 Å². The average molecular weight is 307 g/mol. The predicted octanol–water partition coefficient (Wildman–Crippen LogP) is 3.42. The maximum absolute atomic E-state index is 5.61. The lowest BCUT2D eigenvalue weighted by molar-refractivity contribution is 0.129. The van der Waals surface area contributed by atoms with E-state index >= 15 is 0 Å². The molecule has 1 aliphatic heterocycles. The van der Waals surface area contributed by atoms with E-state index in [-0.39, 0.29) is 0 Å². The second-order valence-corrected chi connectivity index (χ2v) is 6.90. The Kier molecular flexibility index (Phi) is 4.89. The minimum absolute atomic E-state index is 0.393. The third-order valence-corrected chi connectivity index (χ3v) is 5.26. The van der Waals surface area contributed by atoms with Crippen molar-refractivity contribution in [2.45, 2.75) is 29.8 Å². The molecule has 20 heavy (non-hydrogen) atoms. The van der Waals surface area contributed by atoms with Crippen LogP contribution in [0.4, 0.5) is 5.13 Å². The number of nitrogens with one attached hydrogen (secondary N) is 1. The summed E-state index contributed by atoms with van der Waals surface area (Å²) in [6.45, 7) is 1.69. The van der Waals surface area contributed by atoms with Gasteiger partial charge in [0.25, 0.3) is 0 Å². The Hall–Kier alpha value is -1.11. The van der Waals surface area contributed by atoms with Gasteiger partial charge in [-0.3, -0.25) is 0 Å². The highest BCUT2D eigenvalue weighted by Gasteiger charge is 2.16. The first-order valence-corrected chi connectivity index (χ1v) is 8.56. The number of aromatic nitrogens is 2. The molecule has 1 N–H and O–H groups in total. The zero-order chi connectivity index (χ0) is 13.6. The van der Waals surface area contributed by atoms with Crippen molar-refractivity contribution >= 4 is 28.2 Å². The molecule has 0 saturated carbocycles. The summed E-state index contributed by atoms with van der Waals surface area (Å²) in [5.74, 6) is 0.979. The molecule has 1 atom stereocenters. The Bertz CT molecular complexity index is 526. The summed E-state index contributed by atoms with van der Waals surface area (Å²) < 4.78 is 6.62. The Morgan fingerprint density at radius 3 is 3.00 bits per heavy atom. The Morgan fingerprint density at radius 1 is 1.30 bits per heavy atom. The molecule has 0 unspecified atom stereocenters. The molecule has 0 aliphatic carbocycles. The summed E-state index contributed by atoms with van der Waals surface area (Å²) in [5, 5.41) is 12.6. The quantitative estimate of drug-likeness (QED) is 0.829. The summed E-state index contributed by atoms with van der Waals surface area (Å²) in [7, 11) is 0. The summed E-state index contributed by atoms with van der Waals surface area (Å²) in [4.78, 5) is 0. The molecule has 0 spiro atoms. The van der Waals surface area contributed by atoms with E-state index in [4.69, 9.17) is 4.74 Å². The molecule has 3 rings (SSSR count). The van der Waals surface area contributed by atoms with Gasteiger partial charge in [0.05, 0.1) is 6.10 Å². The van der Waals surface area contributed by atoms with Crippen LogP contribution in [0.25, 0.3) is 0 Å². The molecule has 2 aromatic rings. The summed E-state index contributed by atoms with van der Waals surface area (Å²) >= 11 is 3.35. The van der Waals surface area contributed by atoms with Crippen molar-refractivity contribution in [1.82, 2.24) is 10.2 Å². The van der Waals surface area contributed by atoms with Gasteiger partial charge in [0.1, 0.15) is 0 Å². The fourth-order valence-electron chi connectivity index (χ4n) is 2.05. The topological polar surface area (TPSA) is 47.0 Å². The van der Waals surface area contributed by atoms with E-state index in [1.165, 1.54) is 18.4 Å². The molecular weight excluding hydrogens is 290 g/mol. The third-order valence-electron chi connectivity index (χ3n) is 3.11. The lowest BCUT2D eigenvalue weighted by Gasteiger charge is -2.05. The molecule has 0 amide bonds. The molecule has 0 bridgehead atoms. The SMILES string of the molecule is c1ccc(CNc2nnc(SC[C@H]3CCCO3)s2)cc1. The molecule has 1 aliphatic rings. The predicted molar refractivity (Wildman–Crippen MR) is 83.4 cm³/mol. The van der Waals surface area contributed by atoms with Crippen molar-refractivity contribution in [2.24, 2.45) is 0 Å². The van der Waals surface area contributed by atoms with Crippen molar-refractivity contribution in [3.05, 3.63) is 35.9 Å². The first-order valence-electron chi connectivity index (χ1n) is 6.76. The number of rotatable bonds is 6. The van der Waals surface area contributed by atoms with Crippen molar-refractivity contribution in [3.8, 4) is 0 Å². The number of thioether (sulfide) groups is 1. The lowest BCUT2D eigenvalue weighted by Crippen LogP contribution is -2.07. The first-order chi connectivity index (χ1) is 9.90. The van der Waals surface area contributed by atoms with Crippen molar-refractivity contribution in [3.63, 3.8) is 0 Å². The summed E-state index contributed by atoms with van der Waals surface area (Å²) in [6.07, 6.45) is 2.75. The molecular formula is C14H17N3OS2. The van der Waals surface area contributed by atoms with Gasteiger partial charge in [0, 0.05) is 18.9 Å². The Labute approximate surface area is 127 Å². The van der Waals surface area contributed by atoms with E-state index in [2.05, 4.69) is 27.6 Å². The highest BCUT2D eigenvalue weighted by Crippen LogP contribution is 2.28. The highest BCUT2D eigenvalue weighted by atomic mass is 32.2. The minimum Gasteiger partial charge on any atom is -0.377 e. The zero-order valence-corrected chi connectivity index (χ0v) is 12.8. The van der Waals surface area contributed by atoms with Crippen LogP contribution in [0.3, 0.4) is 0 Å². The maximum Gasteiger partial charge on any atom is 0.206 e. The van der Waals surface area contributed by atoms with Crippen molar-refractivity contribution < 1.29 is 4.74 Å². The number of anilines is 1. The number of nitrogens with zero attached hydrogens (tertiary/aromatic N) is 2. The zero-order valence-electron chi connectivity index (χ0n) is 11.1. The second kappa shape index (κ2) is 7.06. The largest absolute Gasteiger partial charge is 0.377 e. The van der Waals surface area contributed by atoms with Gasteiger partial charge in [-0.1, -0.05) is 53.4 Å². The van der Waals surface area contributed by atoms with Crippen LogP contribution in [0, 0.1) is 0 Å². The van der Waals surface area contributed by atoms with Crippen molar-refractivity contribution in [1.29, 1.82) is 0 Å². The Balaban J connectivity index is 1.46. The number of hydrogen-bond acceptors (Lipinski definition) is 6. The van der Waals surface area contributed by atoms with Gasteiger partial charge in [-0.2, -0.15) is 0 Å². The van der Waals surface area contributed by atoms with Crippen LogP contribution in [-0.4, -0.2) is 28.7 Å². The van der Waals surface area contributed by atoms with Gasteiger partial charge in [0.15, 0.2) is 4.34 Å². The molecule has 1 aromatic carbocycles. The van der Waals surface area contributed by atoms with E-state index in [0.717, 1.165) is 28.4 Å². The maximum atomic E-state index is 5.61. The van der Waals surface area contributed by atoms with E-state index < -0.39 is 0 Å². The molecule has 1 aromatic heterocycles. The molecule has 2 heterocycles. The third kappa shape index (κ3) is 3.94. The molecule has 6 heteroatoms. The molecule has 4 nitrogen and oxygen atoms in total. The van der Waals surface area contributed by atoms with Crippen LogP contribution in [0.1, 0.15) is 18.4 Å². The van der Waals surface area contributed by atoms with Gasteiger partial charge in [0.2, 0.25) is 5.13 Å². The first kappa shape index (κ1) is 13.9. The number of hydrogen-bond donors (Lipinski definition) is 1.